The van der Waals surface area contributed by atoms with Crippen LogP contribution in [0.4, 0.5) is 0 Å². The fraction of sp³-hybridized carbons (Fsp3) is 0.913. The Labute approximate surface area is 376 Å². The molecular formula is C46H74O18. The van der Waals surface area contributed by atoms with Crippen molar-refractivity contribution in [3.8, 4) is 0 Å². The number of ether oxygens (including phenoxy) is 11. The molecular weight excluding hydrogens is 840 g/mol. The summed E-state index contributed by atoms with van der Waals surface area (Å²) in [6.45, 7) is 13.3. The van der Waals surface area contributed by atoms with Crippen LogP contribution in [-0.4, -0.2) is 174 Å². The van der Waals surface area contributed by atoms with E-state index in [4.69, 9.17) is 52.1 Å². The van der Waals surface area contributed by atoms with Gasteiger partial charge in [-0.1, -0.05) is 25.5 Å². The molecule has 0 radical (unpaired) electrons. The quantitative estimate of drug-likeness (QED) is 0.140. The standard InChI is InChI=1S/C46H74O18/c1-22-36(49)40(56-11)37(50)41(59-22)64-39-24(3)58-35(20-31(39)55-10)63-38-23(2)57-34(19-30(38)54-9)62-29-13-14-42(7)28(18-29)12-15-45(52)32(42)21-33(61-27(6)48)43(8)44(51,16-17-46(43,45)53)25(4)60-26(5)47/h12,22-25,29-41,49-53H,13-21H2,1-11H3/t22-,23-,24-,25+,29+,30+,31+,32-,33-,34+,35+,36-,37-,38-,39-,40-,41+,42+,43-,44-,45+,46-/m1/s1. The first-order valence-electron chi connectivity index (χ1n) is 23.1. The molecule has 366 valence electrons. The maximum Gasteiger partial charge on any atom is 0.302 e. The molecule has 0 bridgehead atoms. The van der Waals surface area contributed by atoms with E-state index in [1.165, 1.54) is 21.0 Å². The van der Waals surface area contributed by atoms with Crippen LogP contribution in [0.1, 0.15) is 113 Å². The molecule has 5 N–H and O–H groups in total. The van der Waals surface area contributed by atoms with E-state index in [2.05, 4.69) is 6.92 Å². The van der Waals surface area contributed by atoms with Crippen LogP contribution in [0.25, 0.3) is 0 Å². The van der Waals surface area contributed by atoms with Gasteiger partial charge in [0.1, 0.15) is 59.5 Å². The predicted octanol–water partition coefficient (Wildman–Crippen LogP) is 2.34. The lowest BCUT2D eigenvalue weighted by atomic mass is 9.42. The second-order valence-electron chi connectivity index (χ2n) is 20.1. The SMILES string of the molecule is CO[C@H]1[C@@H](O)[C@H](O[C@H]2[C@@H](OC)C[C@H](O[C@H]3[C@@H](OC)C[C@H](O[C@H]4CC[C@@]5(C)C(=CC[C@]6(O)[C@@H]5C[C@@H](OC(C)=O)[C@@]5(C)[C@]6(O)CC[C@@]5(O)[C@H](C)OC(C)=O)C4)O[C@@H]3C)O[C@@H]2C)O[C@H](C)[C@H]1O. The van der Waals surface area contributed by atoms with Gasteiger partial charge in [0, 0.05) is 53.9 Å². The molecule has 0 amide bonds. The van der Waals surface area contributed by atoms with Gasteiger partial charge in [0.05, 0.1) is 42.0 Å². The summed E-state index contributed by atoms with van der Waals surface area (Å²) in [5.74, 6) is -1.70. The number of esters is 2. The Kier molecular flexibility index (Phi) is 14.5. The Morgan fingerprint density at radius 1 is 0.750 bits per heavy atom. The van der Waals surface area contributed by atoms with E-state index in [0.29, 0.717) is 32.1 Å². The summed E-state index contributed by atoms with van der Waals surface area (Å²) in [6.07, 6.45) is -6.65. The Balaban J connectivity index is 0.999. The smallest absolute Gasteiger partial charge is 0.302 e. The van der Waals surface area contributed by atoms with Crippen LogP contribution in [0.5, 0.6) is 0 Å². The molecule has 3 heterocycles. The Morgan fingerprint density at radius 3 is 1.94 bits per heavy atom. The first kappa shape index (κ1) is 50.0. The second kappa shape index (κ2) is 18.6. The molecule has 0 unspecified atom stereocenters. The Morgan fingerprint density at radius 2 is 1.36 bits per heavy atom. The van der Waals surface area contributed by atoms with Crippen molar-refractivity contribution in [2.24, 2.45) is 16.7 Å². The van der Waals surface area contributed by atoms with Crippen LogP contribution in [0, 0.1) is 16.7 Å². The molecule has 64 heavy (non-hydrogen) atoms. The topological polar surface area (TPSA) is 237 Å². The molecule has 22 atom stereocenters. The van der Waals surface area contributed by atoms with E-state index in [-0.39, 0.29) is 31.8 Å². The number of fused-ring (bicyclic) bond motifs is 5. The van der Waals surface area contributed by atoms with E-state index in [1.54, 1.807) is 35.0 Å². The van der Waals surface area contributed by atoms with Crippen molar-refractivity contribution < 1.29 is 87.2 Å². The maximum atomic E-state index is 12.9. The number of hydrogen-bond donors (Lipinski definition) is 5. The van der Waals surface area contributed by atoms with Gasteiger partial charge in [0.2, 0.25) is 0 Å². The lowest BCUT2D eigenvalue weighted by Crippen LogP contribution is -2.78. The van der Waals surface area contributed by atoms with Crippen molar-refractivity contribution in [2.45, 2.75) is 228 Å². The van der Waals surface area contributed by atoms with Crippen molar-refractivity contribution in [3.63, 3.8) is 0 Å². The number of carbonyl (C=O) groups is 2. The molecule has 3 aliphatic heterocycles. The van der Waals surface area contributed by atoms with Crippen LogP contribution in [0.15, 0.2) is 11.6 Å². The summed E-state index contributed by atoms with van der Waals surface area (Å²) in [4.78, 5) is 24.7. The van der Waals surface area contributed by atoms with Crippen molar-refractivity contribution >= 4 is 11.9 Å². The average molecular weight is 915 g/mol. The van der Waals surface area contributed by atoms with Gasteiger partial charge in [0.25, 0.3) is 0 Å². The zero-order chi connectivity index (χ0) is 46.9. The van der Waals surface area contributed by atoms with E-state index >= 15 is 0 Å². The van der Waals surface area contributed by atoms with Crippen LogP contribution in [0.3, 0.4) is 0 Å². The number of aliphatic hydroxyl groups excluding tert-OH is 2. The lowest BCUT2D eigenvalue weighted by molar-refractivity contribution is -0.352. The average Bonchev–Trinajstić information content (AvgIpc) is 3.46. The van der Waals surface area contributed by atoms with Gasteiger partial charge >= 0.3 is 11.9 Å². The Bertz CT molecular complexity index is 1720. The van der Waals surface area contributed by atoms with E-state index in [9.17, 15) is 35.1 Å². The zero-order valence-electron chi connectivity index (χ0n) is 39.3. The van der Waals surface area contributed by atoms with Crippen molar-refractivity contribution in [3.05, 3.63) is 11.6 Å². The van der Waals surface area contributed by atoms with Crippen LogP contribution >= 0.6 is 0 Å². The minimum Gasteiger partial charge on any atom is -0.462 e. The van der Waals surface area contributed by atoms with Gasteiger partial charge in [0.15, 0.2) is 18.9 Å². The van der Waals surface area contributed by atoms with Gasteiger partial charge in [-0.3, -0.25) is 9.59 Å². The van der Waals surface area contributed by atoms with Crippen LogP contribution in [-0.2, 0) is 61.7 Å². The molecule has 3 saturated heterocycles. The number of rotatable bonds is 12. The van der Waals surface area contributed by atoms with Crippen LogP contribution in [0.2, 0.25) is 0 Å². The highest BCUT2D eigenvalue weighted by molar-refractivity contribution is 5.67. The minimum absolute atomic E-state index is 0.0140. The molecule has 6 fully saturated rings. The fourth-order valence-corrected chi connectivity index (χ4v) is 13.1. The van der Waals surface area contributed by atoms with Crippen LogP contribution < -0.4 is 0 Å². The van der Waals surface area contributed by atoms with Gasteiger partial charge in [-0.2, -0.15) is 0 Å². The third-order valence-corrected chi connectivity index (χ3v) is 16.8. The second-order valence-corrected chi connectivity index (χ2v) is 20.1. The summed E-state index contributed by atoms with van der Waals surface area (Å²) in [5.41, 5.74) is -6.47. The predicted molar refractivity (Wildman–Crippen MR) is 223 cm³/mol. The normalized spacial score (nSPS) is 50.9. The van der Waals surface area contributed by atoms with Gasteiger partial charge < -0.3 is 77.6 Å². The zero-order valence-corrected chi connectivity index (χ0v) is 39.3. The molecule has 0 aromatic carbocycles. The fourth-order valence-electron chi connectivity index (χ4n) is 13.1. The largest absolute Gasteiger partial charge is 0.462 e. The highest BCUT2D eigenvalue weighted by Crippen LogP contribution is 2.71. The molecule has 7 aliphatic rings. The molecule has 18 nitrogen and oxygen atoms in total. The molecule has 4 aliphatic carbocycles. The summed E-state index contributed by atoms with van der Waals surface area (Å²) in [6, 6.07) is 0. The summed E-state index contributed by atoms with van der Waals surface area (Å²) < 4.78 is 66.7. The number of hydrogen-bond acceptors (Lipinski definition) is 18. The van der Waals surface area contributed by atoms with Gasteiger partial charge in [-0.05, 0) is 78.1 Å². The molecule has 3 saturated carbocycles. The molecule has 18 heteroatoms. The molecule has 7 rings (SSSR count). The monoisotopic (exact) mass is 914 g/mol. The van der Waals surface area contributed by atoms with Gasteiger partial charge in [-0.15, -0.1) is 0 Å². The molecule has 0 aromatic heterocycles. The molecule has 0 spiro atoms. The maximum absolute atomic E-state index is 12.9. The third kappa shape index (κ3) is 8.20. The summed E-state index contributed by atoms with van der Waals surface area (Å²) in [7, 11) is 4.61. The van der Waals surface area contributed by atoms with Crippen molar-refractivity contribution in [2.75, 3.05) is 21.3 Å². The van der Waals surface area contributed by atoms with Gasteiger partial charge in [-0.25, -0.2) is 0 Å². The molecule has 0 aromatic rings. The summed E-state index contributed by atoms with van der Waals surface area (Å²) in [5, 5.41) is 59.4. The van der Waals surface area contributed by atoms with Crippen molar-refractivity contribution in [1.82, 2.24) is 0 Å². The Hall–Kier alpha value is -1.88. The highest BCUT2D eigenvalue weighted by Gasteiger charge is 2.81. The summed E-state index contributed by atoms with van der Waals surface area (Å²) >= 11 is 0. The van der Waals surface area contributed by atoms with E-state index in [0.717, 1.165) is 5.57 Å². The first-order valence-corrected chi connectivity index (χ1v) is 23.1. The van der Waals surface area contributed by atoms with Crippen molar-refractivity contribution in [1.29, 1.82) is 0 Å². The highest BCUT2D eigenvalue weighted by atomic mass is 16.8. The van der Waals surface area contributed by atoms with E-state index < -0.39 is 138 Å². The lowest BCUT2D eigenvalue weighted by Gasteiger charge is -2.67. The third-order valence-electron chi connectivity index (χ3n) is 16.8. The minimum atomic E-state index is -1.89. The first-order chi connectivity index (χ1) is 30.0. The number of aliphatic hydroxyl groups is 5. The number of methoxy groups -OCH3 is 3. The number of carbonyl (C=O) groups excluding carboxylic acids is 2. The van der Waals surface area contributed by atoms with E-state index in [1.807, 2.05) is 19.9 Å².